The molecule has 0 fully saturated rings. The van der Waals surface area contributed by atoms with Gasteiger partial charge in [0.2, 0.25) is 0 Å². The number of hydrogen-bond acceptors (Lipinski definition) is 4. The van der Waals surface area contributed by atoms with Gasteiger partial charge in [-0.2, -0.15) is 0 Å². The zero-order chi connectivity index (χ0) is 15.6. The Kier molecular flexibility index (Phi) is 4.21. The number of carbonyl (C=O) groups excluding carboxylic acids is 2. The molecule has 0 saturated carbocycles. The topological polar surface area (TPSA) is 64.6 Å². The Morgan fingerprint density at radius 2 is 1.81 bits per heavy atom. The van der Waals surface area contributed by atoms with Crippen LogP contribution in [-0.2, 0) is 14.3 Å². The fourth-order valence-corrected chi connectivity index (χ4v) is 2.59. The van der Waals surface area contributed by atoms with Crippen LogP contribution in [0.25, 0.3) is 0 Å². The quantitative estimate of drug-likeness (QED) is 0.851. The summed E-state index contributed by atoms with van der Waals surface area (Å²) in [6.07, 6.45) is 0.0125. The van der Waals surface area contributed by atoms with Crippen molar-refractivity contribution in [2.45, 2.75) is 44.8 Å². The van der Waals surface area contributed by atoms with Crippen molar-refractivity contribution < 1.29 is 19.1 Å². The van der Waals surface area contributed by atoms with E-state index in [4.69, 9.17) is 9.47 Å². The highest BCUT2D eigenvalue weighted by molar-refractivity contribution is 5.80. The molecule has 1 aliphatic carbocycles. The fraction of sp³-hybridized carbons (Fsp3) is 0.500. The number of nitrogens with one attached hydrogen (secondary N) is 1. The van der Waals surface area contributed by atoms with Crippen molar-refractivity contribution in [3.8, 4) is 0 Å². The van der Waals surface area contributed by atoms with Gasteiger partial charge in [-0.05, 0) is 38.3 Å². The van der Waals surface area contributed by atoms with Gasteiger partial charge in [-0.3, -0.25) is 4.79 Å². The number of hydrogen-bond donors (Lipinski definition) is 1. The monoisotopic (exact) mass is 291 g/mol. The molecule has 2 atom stereocenters. The summed E-state index contributed by atoms with van der Waals surface area (Å²) >= 11 is 0. The minimum Gasteiger partial charge on any atom is -0.469 e. The van der Waals surface area contributed by atoms with Gasteiger partial charge in [0.25, 0.3) is 0 Å². The van der Waals surface area contributed by atoms with Crippen LogP contribution in [-0.4, -0.2) is 24.8 Å². The molecule has 0 unspecified atom stereocenters. The van der Waals surface area contributed by atoms with E-state index in [-0.39, 0.29) is 17.9 Å². The van der Waals surface area contributed by atoms with Crippen molar-refractivity contribution in [3.63, 3.8) is 0 Å². The largest absolute Gasteiger partial charge is 0.469 e. The maximum atomic E-state index is 11.9. The van der Waals surface area contributed by atoms with Crippen molar-refractivity contribution in [2.24, 2.45) is 0 Å². The number of fused-ring (bicyclic) bond motifs is 1. The summed E-state index contributed by atoms with van der Waals surface area (Å²) in [5, 5.41) is 2.83. The zero-order valence-electron chi connectivity index (χ0n) is 12.8. The predicted octanol–water partition coefficient (Wildman–Crippen LogP) is 2.91. The van der Waals surface area contributed by atoms with E-state index >= 15 is 0 Å². The van der Waals surface area contributed by atoms with Crippen LogP contribution in [0, 0.1) is 0 Å². The van der Waals surface area contributed by atoms with Crippen molar-refractivity contribution >= 4 is 12.1 Å². The summed E-state index contributed by atoms with van der Waals surface area (Å²) in [5.41, 5.74) is 1.30. The number of benzene rings is 1. The maximum Gasteiger partial charge on any atom is 0.408 e. The first-order valence-electron chi connectivity index (χ1n) is 6.98. The number of carbonyl (C=O) groups is 2. The molecular weight excluding hydrogens is 270 g/mol. The summed E-state index contributed by atoms with van der Waals surface area (Å²) in [6, 6.07) is 7.35. The van der Waals surface area contributed by atoms with Crippen molar-refractivity contribution in [1.29, 1.82) is 0 Å². The minimum absolute atomic E-state index is 0.236. The normalized spacial score (nSPS) is 20.6. The second-order valence-electron chi connectivity index (χ2n) is 6.14. The van der Waals surface area contributed by atoms with Crippen LogP contribution in [0.2, 0.25) is 0 Å². The smallest absolute Gasteiger partial charge is 0.408 e. The molecule has 114 valence electrons. The lowest BCUT2D eigenvalue weighted by Crippen LogP contribution is -2.34. The highest BCUT2D eigenvalue weighted by Crippen LogP contribution is 2.40. The molecule has 1 amide bonds. The first-order valence-corrected chi connectivity index (χ1v) is 6.98. The summed E-state index contributed by atoms with van der Waals surface area (Å²) in [6.45, 7) is 5.44. The Labute approximate surface area is 124 Å². The average molecular weight is 291 g/mol. The summed E-state index contributed by atoms with van der Waals surface area (Å²) in [4.78, 5) is 23.8. The van der Waals surface area contributed by atoms with E-state index in [9.17, 15) is 9.59 Å². The third-order valence-corrected chi connectivity index (χ3v) is 3.39. The number of rotatable bonds is 2. The third kappa shape index (κ3) is 3.54. The number of esters is 1. The molecule has 1 aromatic rings. The van der Waals surface area contributed by atoms with Crippen LogP contribution < -0.4 is 5.32 Å². The first-order chi connectivity index (χ1) is 9.81. The lowest BCUT2D eigenvalue weighted by atomic mass is 10.0. The summed E-state index contributed by atoms with van der Waals surface area (Å²) < 4.78 is 10.1. The molecule has 5 nitrogen and oxygen atoms in total. The van der Waals surface area contributed by atoms with Crippen LogP contribution in [0.15, 0.2) is 24.3 Å². The molecule has 1 N–H and O–H groups in total. The van der Waals surface area contributed by atoms with Crippen molar-refractivity contribution in [1.82, 2.24) is 5.32 Å². The third-order valence-electron chi connectivity index (χ3n) is 3.39. The molecule has 0 aliphatic heterocycles. The Bertz CT molecular complexity index is 547. The van der Waals surface area contributed by atoms with Crippen LogP contribution >= 0.6 is 0 Å². The molecule has 5 heteroatoms. The minimum atomic E-state index is -0.552. The van der Waals surface area contributed by atoms with E-state index in [1.165, 1.54) is 7.11 Å². The van der Waals surface area contributed by atoms with E-state index in [1.54, 1.807) is 0 Å². The SMILES string of the molecule is COC(=O)[C@H]1C[C@@H](NC(=O)OC(C)(C)C)c2ccccc21. The molecule has 0 radical (unpaired) electrons. The summed E-state index contributed by atoms with van der Waals surface area (Å²) in [7, 11) is 1.37. The molecule has 2 rings (SSSR count). The molecule has 0 saturated heterocycles. The van der Waals surface area contributed by atoms with Gasteiger partial charge < -0.3 is 14.8 Å². The molecule has 1 aliphatic rings. The fourth-order valence-electron chi connectivity index (χ4n) is 2.59. The molecule has 0 spiro atoms. The van der Waals surface area contributed by atoms with Gasteiger partial charge in [-0.15, -0.1) is 0 Å². The highest BCUT2D eigenvalue weighted by atomic mass is 16.6. The van der Waals surface area contributed by atoms with Gasteiger partial charge in [0.05, 0.1) is 19.1 Å². The number of methoxy groups -OCH3 is 1. The van der Waals surface area contributed by atoms with Crippen LogP contribution in [0.5, 0.6) is 0 Å². The molecular formula is C16H21NO4. The van der Waals surface area contributed by atoms with E-state index in [0.29, 0.717) is 6.42 Å². The highest BCUT2D eigenvalue weighted by Gasteiger charge is 2.37. The van der Waals surface area contributed by atoms with E-state index in [0.717, 1.165) is 11.1 Å². The zero-order valence-corrected chi connectivity index (χ0v) is 12.8. The average Bonchev–Trinajstić information content (AvgIpc) is 2.75. The lowest BCUT2D eigenvalue weighted by Gasteiger charge is -2.22. The molecule has 0 aromatic heterocycles. The standard InChI is InChI=1S/C16H21NO4/c1-16(2,3)21-15(19)17-13-9-12(14(18)20-4)10-7-5-6-8-11(10)13/h5-8,12-13H,9H2,1-4H3,(H,17,19)/t12-,13+/m0/s1. The molecule has 0 bridgehead atoms. The van der Waals surface area contributed by atoms with Crippen LogP contribution in [0.4, 0.5) is 4.79 Å². The molecule has 0 heterocycles. The Morgan fingerprint density at radius 3 is 2.38 bits per heavy atom. The van der Waals surface area contributed by atoms with Crippen molar-refractivity contribution in [3.05, 3.63) is 35.4 Å². The Morgan fingerprint density at radius 1 is 1.19 bits per heavy atom. The van der Waals surface area contributed by atoms with Gasteiger partial charge in [0.15, 0.2) is 0 Å². The van der Waals surface area contributed by atoms with Crippen molar-refractivity contribution in [2.75, 3.05) is 7.11 Å². The van der Waals surface area contributed by atoms with Gasteiger partial charge in [-0.25, -0.2) is 4.79 Å². The van der Waals surface area contributed by atoms with Crippen LogP contribution in [0.1, 0.15) is 50.3 Å². The van der Waals surface area contributed by atoms with E-state index < -0.39 is 11.7 Å². The second kappa shape index (κ2) is 5.76. The summed E-state index contributed by atoms with van der Waals surface area (Å²) in [5.74, 6) is -0.623. The van der Waals surface area contributed by atoms with E-state index in [1.807, 2.05) is 45.0 Å². The lowest BCUT2D eigenvalue weighted by molar-refractivity contribution is -0.142. The van der Waals surface area contributed by atoms with Gasteiger partial charge >= 0.3 is 12.1 Å². The molecule has 1 aromatic carbocycles. The van der Waals surface area contributed by atoms with E-state index in [2.05, 4.69) is 5.32 Å². The van der Waals surface area contributed by atoms with Gasteiger partial charge in [0.1, 0.15) is 5.60 Å². The van der Waals surface area contributed by atoms with Gasteiger partial charge in [0, 0.05) is 0 Å². The Hall–Kier alpha value is -2.04. The first kappa shape index (κ1) is 15.4. The number of alkyl carbamates (subject to hydrolysis) is 1. The number of amides is 1. The second-order valence-corrected chi connectivity index (χ2v) is 6.14. The Balaban J connectivity index is 2.16. The maximum absolute atomic E-state index is 11.9. The van der Waals surface area contributed by atoms with Gasteiger partial charge in [-0.1, -0.05) is 24.3 Å². The molecule has 21 heavy (non-hydrogen) atoms. The number of ether oxygens (including phenoxy) is 2. The van der Waals surface area contributed by atoms with Crippen LogP contribution in [0.3, 0.4) is 0 Å². The predicted molar refractivity (Wildman–Crippen MR) is 77.9 cm³/mol.